The van der Waals surface area contributed by atoms with Crippen LogP contribution in [0.2, 0.25) is 0 Å². The Morgan fingerprint density at radius 3 is 0.853 bits per heavy atom. The Bertz CT molecular complexity index is 1060. The summed E-state index contributed by atoms with van der Waals surface area (Å²) in [5, 5.41) is 7.34. The van der Waals surface area contributed by atoms with Crippen LogP contribution in [0, 0.1) is 0 Å². The molecule has 3 aromatic carbocycles. The van der Waals surface area contributed by atoms with E-state index in [4.69, 9.17) is 30.1 Å². The van der Waals surface area contributed by atoms with Gasteiger partial charge >= 0.3 is 41.5 Å². The number of aromatic nitrogens is 3. The molecule has 0 saturated heterocycles. The quantitative estimate of drug-likeness (QED) is 0.191. The number of halogens is 3. The molecule has 6 rings (SSSR count). The van der Waals surface area contributed by atoms with Crippen LogP contribution in [-0.2, 0) is 11.4 Å². The number of hydrogen-bond acceptors (Lipinski definition) is 3. The second kappa shape index (κ2) is 14.5. The topological polar surface area (TPSA) is 38.7 Å². The van der Waals surface area contributed by atoms with Crippen molar-refractivity contribution < 1.29 is 11.4 Å². The van der Waals surface area contributed by atoms with Crippen LogP contribution in [0.5, 0.6) is 0 Å². The van der Waals surface area contributed by atoms with Crippen molar-refractivity contribution in [3.8, 4) is 0 Å². The number of benzene rings is 3. The first kappa shape index (κ1) is 25.9. The molecule has 34 heavy (non-hydrogen) atoms. The van der Waals surface area contributed by atoms with E-state index in [0.29, 0.717) is 0 Å². The summed E-state index contributed by atoms with van der Waals surface area (Å²) in [6.45, 7) is 0. The third-order valence-electron chi connectivity index (χ3n) is 4.65. The van der Waals surface area contributed by atoms with Gasteiger partial charge in [0.15, 0.2) is 0 Å². The molecule has 171 valence electrons. The van der Waals surface area contributed by atoms with Crippen LogP contribution in [0.4, 0.5) is 0 Å². The van der Waals surface area contributed by atoms with E-state index >= 15 is 0 Å². The van der Waals surface area contributed by atoms with Gasteiger partial charge in [0.2, 0.25) is 0 Å². The second-order valence-corrected chi connectivity index (χ2v) is 13.2. The van der Waals surface area contributed by atoms with Crippen molar-refractivity contribution in [2.75, 3.05) is 0 Å². The Balaban J connectivity index is 0.000000133. The van der Waals surface area contributed by atoms with Gasteiger partial charge in [-0.1, -0.05) is 72.8 Å². The molecule has 0 spiro atoms. The van der Waals surface area contributed by atoms with Gasteiger partial charge in [-0.2, -0.15) is 0 Å². The van der Waals surface area contributed by atoms with Crippen LogP contribution in [0.15, 0.2) is 128 Å². The largest absolute Gasteiger partial charge is 0.264 e. The number of rotatable bonds is 0. The predicted molar refractivity (Wildman–Crippen MR) is 143 cm³/mol. The zero-order valence-corrected chi connectivity index (χ0v) is 21.6. The first-order valence-corrected chi connectivity index (χ1v) is 15.5. The Hall–Kier alpha value is -2.71. The van der Waals surface area contributed by atoms with Gasteiger partial charge in [0.1, 0.15) is 0 Å². The summed E-state index contributed by atoms with van der Waals surface area (Å²) < 4.78 is 0. The van der Waals surface area contributed by atoms with E-state index in [1.54, 1.807) is 0 Å². The monoisotopic (exact) mass is 544 g/mol. The number of hydrogen-bond donors (Lipinski definition) is 0. The van der Waals surface area contributed by atoms with Crippen molar-refractivity contribution in [2.45, 2.75) is 0 Å². The minimum absolute atomic E-state index is 1.20. The third kappa shape index (κ3) is 8.91. The van der Waals surface area contributed by atoms with Crippen LogP contribution in [0.3, 0.4) is 0 Å². The van der Waals surface area contributed by atoms with E-state index in [0.717, 1.165) is 0 Å². The second-order valence-electron chi connectivity index (χ2n) is 6.84. The zero-order valence-electron chi connectivity index (χ0n) is 18.0. The first-order valence-electron chi connectivity index (χ1n) is 10.2. The summed E-state index contributed by atoms with van der Waals surface area (Å²) in [7, 11) is 14.8. The minimum Gasteiger partial charge on any atom is -0.264 e. The van der Waals surface area contributed by atoms with E-state index < -0.39 is 11.4 Å². The van der Waals surface area contributed by atoms with Crippen LogP contribution in [0.1, 0.15) is 0 Å². The summed E-state index contributed by atoms with van der Waals surface area (Å²) in [6, 6.07) is 30.6. The molecule has 0 aliphatic rings. The molecule has 0 atom stereocenters. The molecule has 0 radical (unpaired) electrons. The molecule has 0 aliphatic heterocycles. The molecular formula is C27H21Cl3CrN3. The fourth-order valence-electron chi connectivity index (χ4n) is 3.08. The van der Waals surface area contributed by atoms with Gasteiger partial charge < -0.3 is 0 Å². The van der Waals surface area contributed by atoms with Crippen LogP contribution >= 0.6 is 30.1 Å². The maximum absolute atomic E-state index is 4.93. The molecule has 0 unspecified atom stereocenters. The average molecular weight is 546 g/mol. The molecule has 0 saturated carbocycles. The number of fused-ring (bicyclic) bond motifs is 3. The average Bonchev–Trinajstić information content (AvgIpc) is 2.89. The van der Waals surface area contributed by atoms with Crippen molar-refractivity contribution in [1.29, 1.82) is 0 Å². The Kier molecular flexibility index (Phi) is 11.1. The van der Waals surface area contributed by atoms with Gasteiger partial charge in [-0.25, -0.2) is 0 Å². The standard InChI is InChI=1S/3C9H7N.3ClH.Cr/c3*1-2-4-9-7-10-6-5-8(9)3-1;;;;/h3*1-7H;3*1H;/q;;;;;;+3/p-3. The molecule has 0 amide bonds. The van der Waals surface area contributed by atoms with Crippen molar-refractivity contribution in [1.82, 2.24) is 15.0 Å². The molecule has 3 heterocycles. The first-order chi connectivity index (χ1) is 16.6. The normalized spacial score (nSPS) is 9.88. The van der Waals surface area contributed by atoms with E-state index in [2.05, 4.69) is 51.4 Å². The molecule has 3 nitrogen and oxygen atoms in total. The maximum atomic E-state index is 4.93. The Labute approximate surface area is 216 Å². The van der Waals surface area contributed by atoms with Gasteiger partial charge in [-0.3, -0.25) is 15.0 Å². The smallest absolute Gasteiger partial charge is 0.0346 e. The molecule has 0 fully saturated rings. The molecule has 0 aliphatic carbocycles. The van der Waals surface area contributed by atoms with Gasteiger partial charge in [0, 0.05) is 37.2 Å². The Morgan fingerprint density at radius 1 is 0.382 bits per heavy atom. The van der Waals surface area contributed by atoms with Gasteiger partial charge in [-0.15, -0.1) is 0 Å². The molecule has 3 aromatic heterocycles. The van der Waals surface area contributed by atoms with Crippen LogP contribution in [0.25, 0.3) is 32.3 Å². The maximum Gasteiger partial charge on any atom is 0.0346 e. The fraction of sp³-hybridized carbons (Fsp3) is 0. The molecule has 0 N–H and O–H groups in total. The van der Waals surface area contributed by atoms with E-state index in [-0.39, 0.29) is 0 Å². The fourth-order valence-corrected chi connectivity index (χ4v) is 3.08. The van der Waals surface area contributed by atoms with Gasteiger partial charge in [0.05, 0.1) is 0 Å². The molecule has 0 bridgehead atoms. The van der Waals surface area contributed by atoms with Crippen molar-refractivity contribution >= 4 is 62.5 Å². The van der Waals surface area contributed by atoms with Crippen molar-refractivity contribution in [2.24, 2.45) is 0 Å². The number of pyridine rings is 3. The van der Waals surface area contributed by atoms with Crippen LogP contribution in [-0.4, -0.2) is 15.0 Å². The predicted octanol–water partition coefficient (Wildman–Crippen LogP) is 8.77. The van der Waals surface area contributed by atoms with Gasteiger partial charge in [0.25, 0.3) is 0 Å². The van der Waals surface area contributed by atoms with Crippen molar-refractivity contribution in [3.05, 3.63) is 128 Å². The van der Waals surface area contributed by atoms with E-state index in [1.807, 2.05) is 91.8 Å². The Morgan fingerprint density at radius 2 is 0.618 bits per heavy atom. The SMILES string of the molecule is [Cl][Cr]([Cl])[Cl].c1ccc2cnccc2c1.c1ccc2cnccc2c1.c1ccc2cnccc2c1. The van der Waals surface area contributed by atoms with E-state index in [9.17, 15) is 0 Å². The van der Waals surface area contributed by atoms with Crippen LogP contribution < -0.4 is 0 Å². The summed E-state index contributed by atoms with van der Waals surface area (Å²) >= 11 is -1.62. The molecule has 7 heteroatoms. The zero-order chi connectivity index (χ0) is 24.0. The number of nitrogens with zero attached hydrogens (tertiary/aromatic N) is 3. The molecular weight excluding hydrogens is 525 g/mol. The minimum atomic E-state index is -1.62. The summed E-state index contributed by atoms with van der Waals surface area (Å²) in [5.41, 5.74) is 0. The summed E-state index contributed by atoms with van der Waals surface area (Å²) in [4.78, 5) is 12.0. The summed E-state index contributed by atoms with van der Waals surface area (Å²) in [6.07, 6.45) is 11.0. The van der Waals surface area contributed by atoms with Gasteiger partial charge in [-0.05, 0) is 50.5 Å². The van der Waals surface area contributed by atoms with E-state index in [1.165, 1.54) is 32.3 Å². The summed E-state index contributed by atoms with van der Waals surface area (Å²) in [5.74, 6) is 0. The van der Waals surface area contributed by atoms with Crippen molar-refractivity contribution in [3.63, 3.8) is 0 Å². The molecule has 6 aromatic rings. The third-order valence-corrected chi connectivity index (χ3v) is 4.65.